The number of halogens is 2. The Hall–Kier alpha value is -3.10. The van der Waals surface area contributed by atoms with E-state index in [1.54, 1.807) is 10.7 Å². The standard InChI is InChI=1S/C20H15ClFN3O4/c21-14-6-12(2-3-15(14)22)23-20(26)16-7-13-9-27-19(8-25(13)24-16)11-1-4-17-18(5-11)29-10-28-17/h1-7,19H,8-10H2,(H,23,26). The van der Waals surface area contributed by atoms with Crippen LogP contribution in [-0.4, -0.2) is 22.5 Å². The molecule has 0 spiro atoms. The number of fused-ring (bicyclic) bond motifs is 2. The van der Waals surface area contributed by atoms with Crippen molar-refractivity contribution in [2.24, 2.45) is 0 Å². The molecule has 2 aliphatic rings. The summed E-state index contributed by atoms with van der Waals surface area (Å²) in [6, 6.07) is 11.3. The van der Waals surface area contributed by atoms with E-state index >= 15 is 0 Å². The second-order valence-corrected chi connectivity index (χ2v) is 7.11. The number of rotatable bonds is 3. The number of nitrogens with one attached hydrogen (secondary N) is 1. The molecular formula is C20H15ClFN3O4. The van der Waals surface area contributed by atoms with Gasteiger partial charge in [0.25, 0.3) is 5.91 Å². The van der Waals surface area contributed by atoms with Crippen LogP contribution in [0.4, 0.5) is 10.1 Å². The number of anilines is 1. The fraction of sp³-hybridized carbons (Fsp3) is 0.200. The summed E-state index contributed by atoms with van der Waals surface area (Å²) in [5.41, 5.74) is 2.38. The Morgan fingerprint density at radius 2 is 2.03 bits per heavy atom. The Kier molecular flexibility index (Phi) is 4.37. The molecule has 0 fully saturated rings. The highest BCUT2D eigenvalue weighted by atomic mass is 35.5. The second-order valence-electron chi connectivity index (χ2n) is 6.70. The molecule has 9 heteroatoms. The number of carbonyl (C=O) groups excluding carboxylic acids is 1. The summed E-state index contributed by atoms with van der Waals surface area (Å²) in [6.07, 6.45) is -0.219. The first-order chi connectivity index (χ1) is 14.1. The zero-order chi connectivity index (χ0) is 20.0. The van der Waals surface area contributed by atoms with E-state index in [0.29, 0.717) is 30.3 Å². The Morgan fingerprint density at radius 3 is 2.90 bits per heavy atom. The zero-order valence-corrected chi connectivity index (χ0v) is 15.8. The number of hydrogen-bond donors (Lipinski definition) is 1. The smallest absolute Gasteiger partial charge is 0.276 e. The fourth-order valence-corrected chi connectivity index (χ4v) is 3.50. The molecule has 148 valence electrons. The van der Waals surface area contributed by atoms with Crippen molar-refractivity contribution in [2.75, 3.05) is 12.1 Å². The van der Waals surface area contributed by atoms with Crippen molar-refractivity contribution in [3.05, 3.63) is 70.3 Å². The van der Waals surface area contributed by atoms with Crippen LogP contribution in [0, 0.1) is 5.82 Å². The molecule has 3 heterocycles. The second kappa shape index (κ2) is 7.06. The van der Waals surface area contributed by atoms with Gasteiger partial charge in [0.2, 0.25) is 6.79 Å². The predicted octanol–water partition coefficient (Wildman–Crippen LogP) is 3.93. The van der Waals surface area contributed by atoms with Gasteiger partial charge in [-0.25, -0.2) is 4.39 Å². The van der Waals surface area contributed by atoms with Crippen LogP contribution in [0.3, 0.4) is 0 Å². The Morgan fingerprint density at radius 1 is 1.17 bits per heavy atom. The molecule has 0 aliphatic carbocycles. The van der Waals surface area contributed by atoms with Gasteiger partial charge in [-0.2, -0.15) is 5.10 Å². The number of benzene rings is 2. The lowest BCUT2D eigenvalue weighted by atomic mass is 10.1. The first kappa shape index (κ1) is 18.0. The Bertz CT molecular complexity index is 1120. The summed E-state index contributed by atoms with van der Waals surface area (Å²) in [5, 5.41) is 7.00. The third-order valence-electron chi connectivity index (χ3n) is 4.81. The van der Waals surface area contributed by atoms with Gasteiger partial charge in [0.15, 0.2) is 17.2 Å². The predicted molar refractivity (Wildman–Crippen MR) is 102 cm³/mol. The molecule has 2 aliphatic heterocycles. The Balaban J connectivity index is 1.32. The minimum Gasteiger partial charge on any atom is -0.454 e. The van der Waals surface area contributed by atoms with Gasteiger partial charge >= 0.3 is 0 Å². The van der Waals surface area contributed by atoms with Gasteiger partial charge in [-0.3, -0.25) is 9.48 Å². The molecule has 3 aromatic rings. The maximum atomic E-state index is 13.3. The van der Waals surface area contributed by atoms with Crippen molar-refractivity contribution >= 4 is 23.2 Å². The average molecular weight is 416 g/mol. The van der Waals surface area contributed by atoms with Crippen LogP contribution < -0.4 is 14.8 Å². The lowest BCUT2D eigenvalue weighted by Crippen LogP contribution is -2.22. The van der Waals surface area contributed by atoms with Crippen LogP contribution in [0.25, 0.3) is 0 Å². The molecule has 1 amide bonds. The SMILES string of the molecule is O=C(Nc1ccc(F)c(Cl)c1)c1cc2n(n1)CC(c1ccc3c(c1)OCO3)OC2. The van der Waals surface area contributed by atoms with Gasteiger partial charge in [-0.1, -0.05) is 17.7 Å². The van der Waals surface area contributed by atoms with E-state index in [2.05, 4.69) is 10.4 Å². The maximum absolute atomic E-state index is 13.3. The lowest BCUT2D eigenvalue weighted by molar-refractivity contribution is -0.00127. The molecular weight excluding hydrogens is 401 g/mol. The van der Waals surface area contributed by atoms with Crippen LogP contribution in [0.1, 0.15) is 27.8 Å². The summed E-state index contributed by atoms with van der Waals surface area (Å²) < 4.78 is 31.7. The van der Waals surface area contributed by atoms with Gasteiger partial charge in [0, 0.05) is 5.69 Å². The van der Waals surface area contributed by atoms with Crippen molar-refractivity contribution < 1.29 is 23.4 Å². The van der Waals surface area contributed by atoms with Crippen LogP contribution in [0.2, 0.25) is 5.02 Å². The summed E-state index contributed by atoms with van der Waals surface area (Å²) in [4.78, 5) is 12.5. The largest absolute Gasteiger partial charge is 0.454 e. The highest BCUT2D eigenvalue weighted by molar-refractivity contribution is 6.31. The summed E-state index contributed by atoms with van der Waals surface area (Å²) in [6.45, 7) is 0.998. The molecule has 1 aromatic heterocycles. The summed E-state index contributed by atoms with van der Waals surface area (Å²) in [5.74, 6) is 0.447. The normalized spacial score (nSPS) is 17.1. The van der Waals surface area contributed by atoms with Crippen molar-refractivity contribution in [3.63, 3.8) is 0 Å². The van der Waals surface area contributed by atoms with E-state index in [9.17, 15) is 9.18 Å². The molecule has 29 heavy (non-hydrogen) atoms. The van der Waals surface area contributed by atoms with E-state index in [1.165, 1.54) is 18.2 Å². The number of amides is 1. The van der Waals surface area contributed by atoms with Gasteiger partial charge in [-0.15, -0.1) is 0 Å². The van der Waals surface area contributed by atoms with Crippen LogP contribution >= 0.6 is 11.6 Å². The maximum Gasteiger partial charge on any atom is 0.276 e. The first-order valence-electron chi connectivity index (χ1n) is 8.91. The minimum atomic E-state index is -0.547. The highest BCUT2D eigenvalue weighted by Crippen LogP contribution is 2.36. The molecule has 0 radical (unpaired) electrons. The summed E-state index contributed by atoms with van der Waals surface area (Å²) in [7, 11) is 0. The van der Waals surface area contributed by atoms with Gasteiger partial charge in [-0.05, 0) is 42.0 Å². The van der Waals surface area contributed by atoms with Crippen molar-refractivity contribution in [1.29, 1.82) is 0 Å². The molecule has 0 saturated heterocycles. The monoisotopic (exact) mass is 415 g/mol. The van der Waals surface area contributed by atoms with E-state index in [4.69, 9.17) is 25.8 Å². The third-order valence-corrected chi connectivity index (χ3v) is 5.10. The number of nitrogens with zero attached hydrogens (tertiary/aromatic N) is 2. The number of carbonyl (C=O) groups is 1. The van der Waals surface area contributed by atoms with E-state index in [-0.39, 0.29) is 23.6 Å². The first-order valence-corrected chi connectivity index (χ1v) is 9.29. The Labute approximate surface area is 169 Å². The van der Waals surface area contributed by atoms with Gasteiger partial charge in [0.05, 0.1) is 23.9 Å². The molecule has 2 aromatic carbocycles. The molecule has 0 bridgehead atoms. The topological polar surface area (TPSA) is 74.6 Å². The fourth-order valence-electron chi connectivity index (χ4n) is 3.32. The average Bonchev–Trinajstić information content (AvgIpc) is 3.36. The molecule has 7 nitrogen and oxygen atoms in total. The van der Waals surface area contributed by atoms with Crippen LogP contribution in [0.15, 0.2) is 42.5 Å². The third kappa shape index (κ3) is 3.41. The summed E-state index contributed by atoms with van der Waals surface area (Å²) >= 11 is 5.76. The minimum absolute atomic E-state index is 0.0631. The zero-order valence-electron chi connectivity index (χ0n) is 15.0. The molecule has 1 atom stereocenters. The highest BCUT2D eigenvalue weighted by Gasteiger charge is 2.26. The van der Waals surface area contributed by atoms with Crippen molar-refractivity contribution in [1.82, 2.24) is 9.78 Å². The molecule has 1 unspecified atom stereocenters. The van der Waals surface area contributed by atoms with Crippen LogP contribution in [-0.2, 0) is 17.9 Å². The molecule has 5 rings (SSSR count). The van der Waals surface area contributed by atoms with Gasteiger partial charge in [0.1, 0.15) is 11.9 Å². The number of hydrogen-bond acceptors (Lipinski definition) is 5. The van der Waals surface area contributed by atoms with Crippen LogP contribution in [0.5, 0.6) is 11.5 Å². The molecule has 1 N–H and O–H groups in total. The molecule has 0 saturated carbocycles. The van der Waals surface area contributed by atoms with E-state index in [1.807, 2.05) is 18.2 Å². The van der Waals surface area contributed by atoms with Crippen molar-refractivity contribution in [3.8, 4) is 11.5 Å². The van der Waals surface area contributed by atoms with E-state index < -0.39 is 11.7 Å². The lowest BCUT2D eigenvalue weighted by Gasteiger charge is -2.24. The number of ether oxygens (including phenoxy) is 3. The number of aromatic nitrogens is 2. The quantitative estimate of drug-likeness (QED) is 0.701. The van der Waals surface area contributed by atoms with Crippen molar-refractivity contribution in [2.45, 2.75) is 19.3 Å². The van der Waals surface area contributed by atoms with Gasteiger partial charge < -0.3 is 19.5 Å². The van der Waals surface area contributed by atoms with E-state index in [0.717, 1.165) is 11.3 Å².